The highest BCUT2D eigenvalue weighted by Crippen LogP contribution is 2.12. The molecule has 2 aromatic rings. The number of nitrogens with zero attached hydrogens (tertiary/aromatic N) is 1. The van der Waals surface area contributed by atoms with Gasteiger partial charge in [-0.25, -0.2) is 10.2 Å². The number of hydrogen-bond acceptors (Lipinski definition) is 5. The molecule has 6 nitrogen and oxygen atoms in total. The van der Waals surface area contributed by atoms with E-state index < -0.39 is 5.97 Å². The molecule has 0 saturated carbocycles. The van der Waals surface area contributed by atoms with Gasteiger partial charge in [-0.05, 0) is 61.0 Å². The number of ether oxygens (including phenoxy) is 2. The summed E-state index contributed by atoms with van der Waals surface area (Å²) in [6, 6.07) is 13.9. The summed E-state index contributed by atoms with van der Waals surface area (Å²) in [4.78, 5) is 23.1. The van der Waals surface area contributed by atoms with E-state index in [9.17, 15) is 9.59 Å². The summed E-state index contributed by atoms with van der Waals surface area (Å²) in [5.74, 6) is -0.161. The maximum Gasteiger partial charge on any atom is 0.344 e. The third-order valence-corrected chi connectivity index (χ3v) is 3.56. The van der Waals surface area contributed by atoms with Crippen molar-refractivity contribution in [3.05, 3.63) is 64.1 Å². The van der Waals surface area contributed by atoms with Crippen molar-refractivity contribution >= 4 is 34.0 Å². The SMILES string of the molecule is CCOC(=O)COc1ccc(/C=N\NC(=O)c2ccc(Br)cc2)cc1. The third kappa shape index (κ3) is 6.39. The Morgan fingerprint density at radius 3 is 2.44 bits per heavy atom. The first-order valence-corrected chi connectivity index (χ1v) is 8.35. The lowest BCUT2D eigenvalue weighted by atomic mass is 10.2. The van der Waals surface area contributed by atoms with E-state index in [0.29, 0.717) is 17.9 Å². The zero-order chi connectivity index (χ0) is 18.1. The van der Waals surface area contributed by atoms with E-state index in [0.717, 1.165) is 10.0 Å². The van der Waals surface area contributed by atoms with Crippen LogP contribution in [-0.4, -0.2) is 31.3 Å². The molecule has 0 aromatic heterocycles. The Hall–Kier alpha value is -2.67. The van der Waals surface area contributed by atoms with Gasteiger partial charge in [0.25, 0.3) is 5.91 Å². The van der Waals surface area contributed by atoms with Gasteiger partial charge in [-0.3, -0.25) is 4.79 Å². The van der Waals surface area contributed by atoms with Crippen LogP contribution in [0.4, 0.5) is 0 Å². The van der Waals surface area contributed by atoms with E-state index in [-0.39, 0.29) is 12.5 Å². The van der Waals surface area contributed by atoms with Crippen molar-refractivity contribution in [3.63, 3.8) is 0 Å². The summed E-state index contributed by atoms with van der Waals surface area (Å²) < 4.78 is 11.0. The molecule has 25 heavy (non-hydrogen) atoms. The number of carbonyl (C=O) groups excluding carboxylic acids is 2. The molecule has 0 bridgehead atoms. The fourth-order valence-corrected chi connectivity index (χ4v) is 2.09. The first-order valence-electron chi connectivity index (χ1n) is 7.56. The zero-order valence-corrected chi connectivity index (χ0v) is 15.2. The molecule has 0 saturated heterocycles. The van der Waals surface area contributed by atoms with Crippen LogP contribution in [-0.2, 0) is 9.53 Å². The summed E-state index contributed by atoms with van der Waals surface area (Å²) >= 11 is 3.31. The standard InChI is InChI=1S/C18H17BrN2O4/c1-2-24-17(22)12-25-16-9-3-13(4-10-16)11-20-21-18(23)14-5-7-15(19)8-6-14/h3-11H,2,12H2,1H3,(H,21,23)/b20-11-. The molecule has 0 spiro atoms. The van der Waals surface area contributed by atoms with Crippen LogP contribution in [0.5, 0.6) is 5.75 Å². The predicted octanol–water partition coefficient (Wildman–Crippen LogP) is 3.15. The second-order valence-electron chi connectivity index (χ2n) is 4.87. The minimum Gasteiger partial charge on any atom is -0.482 e. The number of esters is 1. The Morgan fingerprint density at radius 2 is 1.80 bits per heavy atom. The number of amides is 1. The van der Waals surface area contributed by atoms with E-state index in [2.05, 4.69) is 26.5 Å². The fourth-order valence-electron chi connectivity index (χ4n) is 1.83. The Kier molecular flexibility index (Phi) is 7.16. The number of rotatable bonds is 7. The number of hydrogen-bond donors (Lipinski definition) is 1. The summed E-state index contributed by atoms with van der Waals surface area (Å²) in [6.45, 7) is 1.93. The summed E-state index contributed by atoms with van der Waals surface area (Å²) in [7, 11) is 0. The van der Waals surface area contributed by atoms with Gasteiger partial charge in [0.15, 0.2) is 6.61 Å². The molecule has 0 unspecified atom stereocenters. The number of benzene rings is 2. The monoisotopic (exact) mass is 404 g/mol. The highest BCUT2D eigenvalue weighted by atomic mass is 79.9. The molecule has 2 aromatic carbocycles. The molecule has 0 fully saturated rings. The summed E-state index contributed by atoms with van der Waals surface area (Å²) in [5.41, 5.74) is 3.75. The van der Waals surface area contributed by atoms with Gasteiger partial charge < -0.3 is 9.47 Å². The average Bonchev–Trinajstić information content (AvgIpc) is 2.62. The first kappa shape index (κ1) is 18.7. The molecule has 2 rings (SSSR count). The van der Waals surface area contributed by atoms with Crippen LogP contribution in [0.2, 0.25) is 0 Å². The van der Waals surface area contributed by atoms with Gasteiger partial charge in [0, 0.05) is 10.0 Å². The van der Waals surface area contributed by atoms with Crippen LogP contribution >= 0.6 is 15.9 Å². The molecular formula is C18H17BrN2O4. The predicted molar refractivity (Wildman–Crippen MR) is 97.8 cm³/mol. The quantitative estimate of drug-likeness (QED) is 0.436. The van der Waals surface area contributed by atoms with Crippen molar-refractivity contribution < 1.29 is 19.1 Å². The fraction of sp³-hybridized carbons (Fsp3) is 0.167. The number of hydrazone groups is 1. The molecule has 0 radical (unpaired) electrons. The van der Waals surface area contributed by atoms with Gasteiger partial charge in [0.05, 0.1) is 12.8 Å². The second kappa shape index (κ2) is 9.58. The highest BCUT2D eigenvalue weighted by Gasteiger charge is 2.04. The van der Waals surface area contributed by atoms with Crippen molar-refractivity contribution in [1.29, 1.82) is 0 Å². The number of nitrogens with one attached hydrogen (secondary N) is 1. The van der Waals surface area contributed by atoms with Crippen LogP contribution in [0.25, 0.3) is 0 Å². The van der Waals surface area contributed by atoms with Crippen LogP contribution in [0.3, 0.4) is 0 Å². The molecular weight excluding hydrogens is 388 g/mol. The Balaban J connectivity index is 1.83. The van der Waals surface area contributed by atoms with E-state index in [1.54, 1.807) is 55.5 Å². The molecule has 130 valence electrons. The lowest BCUT2D eigenvalue weighted by molar-refractivity contribution is -0.145. The Morgan fingerprint density at radius 1 is 1.12 bits per heavy atom. The molecule has 1 amide bonds. The maximum atomic E-state index is 11.9. The van der Waals surface area contributed by atoms with Crippen molar-refractivity contribution in [3.8, 4) is 5.75 Å². The lowest BCUT2D eigenvalue weighted by Crippen LogP contribution is -2.17. The van der Waals surface area contributed by atoms with Crippen molar-refractivity contribution in [1.82, 2.24) is 5.43 Å². The molecule has 7 heteroatoms. The van der Waals surface area contributed by atoms with Crippen LogP contribution in [0, 0.1) is 0 Å². The van der Waals surface area contributed by atoms with Gasteiger partial charge >= 0.3 is 5.97 Å². The molecule has 1 N–H and O–H groups in total. The Labute approximate surface area is 154 Å². The van der Waals surface area contributed by atoms with Crippen molar-refractivity contribution in [2.75, 3.05) is 13.2 Å². The third-order valence-electron chi connectivity index (χ3n) is 3.03. The largest absolute Gasteiger partial charge is 0.482 e. The molecule has 0 aliphatic rings. The van der Waals surface area contributed by atoms with Gasteiger partial charge in [-0.1, -0.05) is 15.9 Å². The van der Waals surface area contributed by atoms with Crippen LogP contribution < -0.4 is 10.2 Å². The second-order valence-corrected chi connectivity index (χ2v) is 5.78. The normalized spacial score (nSPS) is 10.5. The van der Waals surface area contributed by atoms with Crippen molar-refractivity contribution in [2.45, 2.75) is 6.92 Å². The van der Waals surface area contributed by atoms with Gasteiger partial charge in [-0.2, -0.15) is 5.10 Å². The van der Waals surface area contributed by atoms with E-state index >= 15 is 0 Å². The summed E-state index contributed by atoms with van der Waals surface area (Å²) in [6.07, 6.45) is 1.52. The van der Waals surface area contributed by atoms with Crippen LogP contribution in [0.15, 0.2) is 58.1 Å². The van der Waals surface area contributed by atoms with E-state index in [4.69, 9.17) is 9.47 Å². The number of carbonyl (C=O) groups is 2. The zero-order valence-electron chi connectivity index (χ0n) is 13.6. The topological polar surface area (TPSA) is 77.0 Å². The minimum absolute atomic E-state index is 0.134. The molecule has 0 aliphatic heterocycles. The van der Waals surface area contributed by atoms with Gasteiger partial charge in [0.1, 0.15) is 5.75 Å². The van der Waals surface area contributed by atoms with E-state index in [1.165, 1.54) is 6.21 Å². The first-order chi connectivity index (χ1) is 12.1. The maximum absolute atomic E-state index is 11.9. The Bertz CT molecular complexity index is 743. The minimum atomic E-state index is -0.413. The molecule has 0 aliphatic carbocycles. The average molecular weight is 405 g/mol. The molecule has 0 atom stereocenters. The molecule has 0 heterocycles. The lowest BCUT2D eigenvalue weighted by Gasteiger charge is -2.05. The highest BCUT2D eigenvalue weighted by molar-refractivity contribution is 9.10. The van der Waals surface area contributed by atoms with Crippen LogP contribution in [0.1, 0.15) is 22.8 Å². The van der Waals surface area contributed by atoms with Crippen molar-refractivity contribution in [2.24, 2.45) is 5.10 Å². The van der Waals surface area contributed by atoms with Gasteiger partial charge in [0.2, 0.25) is 0 Å². The van der Waals surface area contributed by atoms with Gasteiger partial charge in [-0.15, -0.1) is 0 Å². The number of halogens is 1. The smallest absolute Gasteiger partial charge is 0.344 e. The summed E-state index contributed by atoms with van der Waals surface area (Å²) in [5, 5.41) is 3.92. The van der Waals surface area contributed by atoms with E-state index in [1.807, 2.05) is 0 Å².